The molecule has 0 aromatic heterocycles. The number of nitrogens with one attached hydrogen (secondary N) is 3. The van der Waals surface area contributed by atoms with Gasteiger partial charge in [-0.05, 0) is 51.5 Å². The molecule has 1 unspecified atom stereocenters. The lowest BCUT2D eigenvalue weighted by molar-refractivity contribution is -0.137. The molecule has 35 heavy (non-hydrogen) atoms. The summed E-state index contributed by atoms with van der Waals surface area (Å²) in [7, 11) is 0. The summed E-state index contributed by atoms with van der Waals surface area (Å²) in [4.78, 5) is 26.0. The number of rotatable bonds is 4. The van der Waals surface area contributed by atoms with Crippen LogP contribution in [0.1, 0.15) is 38.3 Å². The van der Waals surface area contributed by atoms with Gasteiger partial charge in [0.1, 0.15) is 5.60 Å². The van der Waals surface area contributed by atoms with Crippen molar-refractivity contribution in [1.29, 1.82) is 0 Å². The van der Waals surface area contributed by atoms with Gasteiger partial charge in [-0.3, -0.25) is 4.79 Å². The summed E-state index contributed by atoms with van der Waals surface area (Å²) >= 11 is 0. The third-order valence-corrected chi connectivity index (χ3v) is 5.62. The molecule has 1 fully saturated rings. The number of para-hydroxylation sites is 1. The van der Waals surface area contributed by atoms with E-state index in [1.54, 1.807) is 45.0 Å². The number of hydrogen-bond donors (Lipinski definition) is 3. The lowest BCUT2D eigenvalue weighted by atomic mass is 10.1. The van der Waals surface area contributed by atoms with Gasteiger partial charge in [0, 0.05) is 48.0 Å². The van der Waals surface area contributed by atoms with E-state index >= 15 is 0 Å². The molecule has 0 bridgehead atoms. The Morgan fingerprint density at radius 2 is 1.91 bits per heavy atom. The van der Waals surface area contributed by atoms with Crippen molar-refractivity contribution in [3.8, 4) is 0 Å². The van der Waals surface area contributed by atoms with Gasteiger partial charge in [-0.2, -0.15) is 13.2 Å². The third kappa shape index (κ3) is 5.70. The maximum Gasteiger partial charge on any atom is 0.418 e. The standard InChI is InChI=1S/C25H27F3N4O3/c1-24(2,3)35-23(34)32-11-10-16(14-32)30-21-9-8-15(12-19(21)25(26,27)28)29-13-18-17-6-4-5-7-20(17)31-22(18)33/h4-9,12-13,16,29-30H,10-11,14H2,1-3H3,(H,31,33). The van der Waals surface area contributed by atoms with Crippen LogP contribution in [-0.2, 0) is 15.7 Å². The molecule has 2 aromatic carbocycles. The van der Waals surface area contributed by atoms with Crippen molar-refractivity contribution < 1.29 is 27.5 Å². The maximum atomic E-state index is 13.9. The highest BCUT2D eigenvalue weighted by Crippen LogP contribution is 2.38. The molecule has 0 saturated carbocycles. The predicted molar refractivity (Wildman–Crippen MR) is 128 cm³/mol. The predicted octanol–water partition coefficient (Wildman–Crippen LogP) is 5.53. The van der Waals surface area contributed by atoms with Gasteiger partial charge in [-0.25, -0.2) is 4.79 Å². The van der Waals surface area contributed by atoms with Crippen LogP contribution >= 0.6 is 0 Å². The van der Waals surface area contributed by atoms with Gasteiger partial charge >= 0.3 is 12.3 Å². The average molecular weight is 489 g/mol. The highest BCUT2D eigenvalue weighted by Gasteiger charge is 2.36. The lowest BCUT2D eigenvalue weighted by Crippen LogP contribution is -2.36. The van der Waals surface area contributed by atoms with Crippen molar-refractivity contribution in [3.05, 3.63) is 59.8 Å². The number of nitrogens with zero attached hydrogens (tertiary/aromatic N) is 1. The molecule has 1 saturated heterocycles. The zero-order valence-electron chi connectivity index (χ0n) is 19.6. The molecule has 0 radical (unpaired) electrons. The van der Waals surface area contributed by atoms with Gasteiger partial charge < -0.3 is 25.6 Å². The second-order valence-electron chi connectivity index (χ2n) is 9.52. The van der Waals surface area contributed by atoms with Crippen molar-refractivity contribution in [2.24, 2.45) is 0 Å². The fourth-order valence-electron chi connectivity index (χ4n) is 4.02. The van der Waals surface area contributed by atoms with Crippen molar-refractivity contribution in [3.63, 3.8) is 0 Å². The summed E-state index contributed by atoms with van der Waals surface area (Å²) in [6.07, 6.45) is -3.19. The maximum absolute atomic E-state index is 13.9. The highest BCUT2D eigenvalue weighted by molar-refractivity contribution is 6.31. The van der Waals surface area contributed by atoms with Gasteiger partial charge in [-0.1, -0.05) is 18.2 Å². The molecule has 1 atom stereocenters. The van der Waals surface area contributed by atoms with E-state index in [9.17, 15) is 22.8 Å². The van der Waals surface area contributed by atoms with Crippen molar-refractivity contribution in [2.75, 3.05) is 29.0 Å². The SMILES string of the molecule is CC(C)(C)OC(=O)N1CCC(Nc2ccc(NC=C3C(=O)Nc4ccccc43)cc2C(F)(F)F)C1. The Bertz CT molecular complexity index is 1170. The number of halogens is 3. The second-order valence-corrected chi connectivity index (χ2v) is 9.52. The Kier molecular flexibility index (Phi) is 6.40. The average Bonchev–Trinajstić information content (AvgIpc) is 3.35. The van der Waals surface area contributed by atoms with E-state index in [2.05, 4.69) is 16.0 Å². The van der Waals surface area contributed by atoms with E-state index in [1.807, 2.05) is 0 Å². The normalized spacial score (nSPS) is 18.9. The van der Waals surface area contributed by atoms with Crippen LogP contribution in [0.4, 0.5) is 35.0 Å². The monoisotopic (exact) mass is 488 g/mol. The summed E-state index contributed by atoms with van der Waals surface area (Å²) in [5.41, 5.74) is 0.293. The van der Waals surface area contributed by atoms with E-state index in [1.165, 1.54) is 23.2 Å². The number of carbonyl (C=O) groups excluding carboxylic acids is 2. The van der Waals surface area contributed by atoms with E-state index in [4.69, 9.17) is 4.74 Å². The quantitative estimate of drug-likeness (QED) is 0.493. The van der Waals surface area contributed by atoms with E-state index < -0.39 is 23.4 Å². The largest absolute Gasteiger partial charge is 0.444 e. The van der Waals surface area contributed by atoms with Crippen LogP contribution in [0.25, 0.3) is 5.57 Å². The summed E-state index contributed by atoms with van der Waals surface area (Å²) in [5.74, 6) is -0.330. The van der Waals surface area contributed by atoms with Crippen molar-refractivity contribution in [1.82, 2.24) is 4.90 Å². The molecule has 7 nitrogen and oxygen atoms in total. The Labute approximate surface area is 201 Å². The summed E-state index contributed by atoms with van der Waals surface area (Å²) < 4.78 is 46.9. The molecule has 186 valence electrons. The fourth-order valence-corrected chi connectivity index (χ4v) is 4.02. The molecule has 2 aliphatic heterocycles. The second kappa shape index (κ2) is 9.16. The molecular weight excluding hydrogens is 461 g/mol. The zero-order valence-corrected chi connectivity index (χ0v) is 19.6. The minimum Gasteiger partial charge on any atom is -0.444 e. The van der Waals surface area contributed by atoms with E-state index in [0.717, 1.165) is 6.07 Å². The van der Waals surface area contributed by atoms with Crippen molar-refractivity contribution >= 4 is 34.6 Å². The number of likely N-dealkylation sites (tertiary alicyclic amines) is 1. The lowest BCUT2D eigenvalue weighted by Gasteiger charge is -2.25. The number of fused-ring (bicyclic) bond motifs is 1. The first-order valence-electron chi connectivity index (χ1n) is 11.2. The van der Waals surface area contributed by atoms with Crippen LogP contribution in [0.15, 0.2) is 48.7 Å². The molecule has 2 aliphatic rings. The van der Waals surface area contributed by atoms with Crippen LogP contribution in [0.3, 0.4) is 0 Å². The molecule has 3 N–H and O–H groups in total. The van der Waals surface area contributed by atoms with Gasteiger partial charge in [0.25, 0.3) is 5.91 Å². The Morgan fingerprint density at radius 3 is 2.63 bits per heavy atom. The zero-order chi connectivity index (χ0) is 25.4. The number of anilines is 3. The highest BCUT2D eigenvalue weighted by atomic mass is 19.4. The smallest absolute Gasteiger partial charge is 0.418 e. The topological polar surface area (TPSA) is 82.7 Å². The molecule has 2 amide bonds. The number of benzene rings is 2. The first-order chi connectivity index (χ1) is 16.4. The van der Waals surface area contributed by atoms with Gasteiger partial charge in [0.05, 0.1) is 11.1 Å². The summed E-state index contributed by atoms with van der Waals surface area (Å²) in [6.45, 7) is 5.92. The summed E-state index contributed by atoms with van der Waals surface area (Å²) in [6, 6.07) is 10.6. The Balaban J connectivity index is 1.49. The van der Waals surface area contributed by atoms with Crippen LogP contribution in [0.2, 0.25) is 0 Å². The van der Waals surface area contributed by atoms with Crippen molar-refractivity contribution in [2.45, 2.75) is 45.0 Å². The molecule has 0 aliphatic carbocycles. The van der Waals surface area contributed by atoms with Crippen LogP contribution < -0.4 is 16.0 Å². The Hall–Kier alpha value is -3.69. The van der Waals surface area contributed by atoms with Gasteiger partial charge in [-0.15, -0.1) is 0 Å². The third-order valence-electron chi connectivity index (χ3n) is 5.62. The Morgan fingerprint density at radius 1 is 1.17 bits per heavy atom. The first-order valence-corrected chi connectivity index (χ1v) is 11.2. The first kappa shape index (κ1) is 24.4. The molecule has 2 aromatic rings. The van der Waals surface area contributed by atoms with Gasteiger partial charge in [0.2, 0.25) is 0 Å². The van der Waals surface area contributed by atoms with Gasteiger partial charge in [0.15, 0.2) is 0 Å². The summed E-state index contributed by atoms with van der Waals surface area (Å²) in [5, 5.41) is 8.46. The number of ether oxygens (including phenoxy) is 1. The molecule has 4 rings (SSSR count). The number of hydrogen-bond acceptors (Lipinski definition) is 5. The number of carbonyl (C=O) groups is 2. The van der Waals surface area contributed by atoms with Crippen LogP contribution in [0, 0.1) is 0 Å². The fraction of sp³-hybridized carbons (Fsp3) is 0.360. The number of alkyl halides is 3. The van der Waals surface area contributed by atoms with Crippen LogP contribution in [0.5, 0.6) is 0 Å². The minimum absolute atomic E-state index is 0.0734. The minimum atomic E-state index is -4.60. The van der Waals surface area contributed by atoms with E-state index in [-0.39, 0.29) is 29.9 Å². The number of amides is 2. The van der Waals surface area contributed by atoms with E-state index in [0.29, 0.717) is 29.8 Å². The molecule has 2 heterocycles. The van der Waals surface area contributed by atoms with Crippen LogP contribution in [-0.4, -0.2) is 41.6 Å². The molecule has 0 spiro atoms. The molecular formula is C25H27F3N4O3. The molecule has 10 heteroatoms.